The SMILES string of the molecule is CCc1c(C(=O)NCCCC(C)CO)cnc2ncnn12. The molecule has 1 unspecified atom stereocenters. The van der Waals surface area contributed by atoms with Crippen LogP contribution in [0, 0.1) is 5.92 Å². The van der Waals surface area contributed by atoms with Gasteiger partial charge in [-0.25, -0.2) is 9.50 Å². The van der Waals surface area contributed by atoms with E-state index in [1.54, 1.807) is 10.7 Å². The third-order valence-electron chi connectivity index (χ3n) is 3.46. The second-order valence-electron chi connectivity index (χ2n) is 5.13. The summed E-state index contributed by atoms with van der Waals surface area (Å²) in [6, 6.07) is 0. The second kappa shape index (κ2) is 7.12. The molecule has 0 bridgehead atoms. The van der Waals surface area contributed by atoms with Gasteiger partial charge in [-0.3, -0.25) is 4.79 Å². The van der Waals surface area contributed by atoms with E-state index in [1.807, 2.05) is 13.8 Å². The molecule has 0 saturated heterocycles. The third kappa shape index (κ3) is 3.55. The van der Waals surface area contributed by atoms with Crippen LogP contribution < -0.4 is 5.32 Å². The zero-order valence-electron chi connectivity index (χ0n) is 12.4. The van der Waals surface area contributed by atoms with Gasteiger partial charge in [0.15, 0.2) is 0 Å². The summed E-state index contributed by atoms with van der Waals surface area (Å²) in [5.74, 6) is 0.620. The van der Waals surface area contributed by atoms with Crippen molar-refractivity contribution in [2.75, 3.05) is 13.2 Å². The van der Waals surface area contributed by atoms with Gasteiger partial charge in [0.05, 0.1) is 11.3 Å². The number of rotatable bonds is 7. The van der Waals surface area contributed by atoms with E-state index in [0.29, 0.717) is 24.3 Å². The number of aromatic nitrogens is 4. The molecule has 0 aromatic carbocycles. The van der Waals surface area contributed by atoms with Crippen LogP contribution in [0.25, 0.3) is 5.78 Å². The zero-order valence-corrected chi connectivity index (χ0v) is 12.4. The van der Waals surface area contributed by atoms with Gasteiger partial charge >= 0.3 is 0 Å². The highest BCUT2D eigenvalue weighted by atomic mass is 16.3. The molecule has 21 heavy (non-hydrogen) atoms. The fraction of sp³-hybridized carbons (Fsp3) is 0.571. The molecule has 2 heterocycles. The summed E-state index contributed by atoms with van der Waals surface area (Å²) < 4.78 is 1.60. The van der Waals surface area contributed by atoms with E-state index in [2.05, 4.69) is 20.4 Å². The van der Waals surface area contributed by atoms with Gasteiger partial charge in [-0.05, 0) is 25.2 Å². The normalized spacial score (nSPS) is 12.5. The monoisotopic (exact) mass is 291 g/mol. The number of carbonyl (C=O) groups excluding carboxylic acids is 1. The van der Waals surface area contributed by atoms with Crippen LogP contribution in [0.2, 0.25) is 0 Å². The van der Waals surface area contributed by atoms with Crippen molar-refractivity contribution < 1.29 is 9.90 Å². The highest BCUT2D eigenvalue weighted by molar-refractivity contribution is 5.95. The van der Waals surface area contributed by atoms with E-state index < -0.39 is 0 Å². The lowest BCUT2D eigenvalue weighted by Crippen LogP contribution is -2.27. The molecule has 114 valence electrons. The number of nitrogens with one attached hydrogen (secondary N) is 1. The minimum absolute atomic E-state index is 0.145. The number of hydrogen-bond acceptors (Lipinski definition) is 5. The van der Waals surface area contributed by atoms with Crippen LogP contribution in [0.4, 0.5) is 0 Å². The second-order valence-corrected chi connectivity index (χ2v) is 5.13. The molecule has 2 N–H and O–H groups in total. The van der Waals surface area contributed by atoms with Crippen molar-refractivity contribution in [3.8, 4) is 0 Å². The van der Waals surface area contributed by atoms with Crippen molar-refractivity contribution in [1.29, 1.82) is 0 Å². The lowest BCUT2D eigenvalue weighted by Gasteiger charge is -2.11. The van der Waals surface area contributed by atoms with Crippen LogP contribution in [-0.4, -0.2) is 43.7 Å². The first-order valence-electron chi connectivity index (χ1n) is 7.24. The average Bonchev–Trinajstić information content (AvgIpc) is 2.98. The van der Waals surface area contributed by atoms with Gasteiger partial charge in [-0.15, -0.1) is 0 Å². The quantitative estimate of drug-likeness (QED) is 0.737. The molecule has 0 saturated carbocycles. The van der Waals surface area contributed by atoms with Crippen LogP contribution in [0.1, 0.15) is 42.7 Å². The van der Waals surface area contributed by atoms with Gasteiger partial charge in [0.2, 0.25) is 0 Å². The Morgan fingerprint density at radius 3 is 3.00 bits per heavy atom. The van der Waals surface area contributed by atoms with Crippen molar-refractivity contribution in [3.63, 3.8) is 0 Å². The van der Waals surface area contributed by atoms with E-state index in [4.69, 9.17) is 5.11 Å². The summed E-state index contributed by atoms with van der Waals surface area (Å²) >= 11 is 0. The number of amides is 1. The van der Waals surface area contributed by atoms with Gasteiger partial charge in [0.25, 0.3) is 11.7 Å². The van der Waals surface area contributed by atoms with Crippen molar-refractivity contribution in [1.82, 2.24) is 24.9 Å². The first kappa shape index (κ1) is 15.4. The highest BCUT2D eigenvalue weighted by Crippen LogP contribution is 2.10. The van der Waals surface area contributed by atoms with Gasteiger partial charge in [0, 0.05) is 19.3 Å². The van der Waals surface area contributed by atoms with Crippen LogP contribution in [-0.2, 0) is 6.42 Å². The molecule has 0 spiro atoms. The van der Waals surface area contributed by atoms with Crippen LogP contribution in [0.3, 0.4) is 0 Å². The molecule has 7 nitrogen and oxygen atoms in total. The first-order chi connectivity index (χ1) is 10.2. The number of fused-ring (bicyclic) bond motifs is 1. The average molecular weight is 291 g/mol. The Labute approximate surface area is 123 Å². The van der Waals surface area contributed by atoms with Gasteiger partial charge in [-0.1, -0.05) is 13.8 Å². The molecule has 2 aromatic rings. The van der Waals surface area contributed by atoms with Gasteiger partial charge in [0.1, 0.15) is 6.33 Å². The number of aliphatic hydroxyl groups excluding tert-OH is 1. The summed E-state index contributed by atoms with van der Waals surface area (Å²) in [5, 5.41) is 15.9. The molecule has 0 aliphatic carbocycles. The maximum Gasteiger partial charge on any atom is 0.254 e. The molecule has 2 aromatic heterocycles. The maximum absolute atomic E-state index is 12.2. The summed E-state index contributed by atoms with van der Waals surface area (Å²) in [5.41, 5.74) is 1.34. The van der Waals surface area contributed by atoms with Gasteiger partial charge < -0.3 is 10.4 Å². The van der Waals surface area contributed by atoms with Crippen molar-refractivity contribution in [2.24, 2.45) is 5.92 Å². The molecule has 2 rings (SSSR count). The fourth-order valence-corrected chi connectivity index (χ4v) is 2.19. The molecule has 1 amide bonds. The maximum atomic E-state index is 12.2. The van der Waals surface area contributed by atoms with Crippen LogP contribution >= 0.6 is 0 Å². The predicted molar refractivity (Wildman–Crippen MR) is 78.0 cm³/mol. The van der Waals surface area contributed by atoms with E-state index >= 15 is 0 Å². The van der Waals surface area contributed by atoms with Crippen molar-refractivity contribution in [3.05, 3.63) is 23.8 Å². The van der Waals surface area contributed by atoms with E-state index in [-0.39, 0.29) is 18.4 Å². The minimum Gasteiger partial charge on any atom is -0.396 e. The molecular formula is C14H21N5O2. The Morgan fingerprint density at radius 2 is 2.29 bits per heavy atom. The first-order valence-corrected chi connectivity index (χ1v) is 7.24. The number of nitrogens with zero attached hydrogens (tertiary/aromatic N) is 4. The number of aryl methyl sites for hydroxylation is 1. The Balaban J connectivity index is 2.02. The molecule has 0 aliphatic heterocycles. The Kier molecular flexibility index (Phi) is 5.21. The number of hydrogen-bond donors (Lipinski definition) is 2. The van der Waals surface area contributed by atoms with E-state index in [1.165, 1.54) is 6.33 Å². The summed E-state index contributed by atoms with van der Waals surface area (Å²) in [6.45, 7) is 4.72. The smallest absolute Gasteiger partial charge is 0.254 e. The lowest BCUT2D eigenvalue weighted by molar-refractivity contribution is 0.0950. The number of aliphatic hydroxyl groups is 1. The summed E-state index contributed by atoms with van der Waals surface area (Å²) in [6.07, 6.45) is 5.38. The van der Waals surface area contributed by atoms with Crippen LogP contribution in [0.5, 0.6) is 0 Å². The Bertz CT molecular complexity index is 610. The largest absolute Gasteiger partial charge is 0.396 e. The van der Waals surface area contributed by atoms with E-state index in [9.17, 15) is 4.79 Å². The molecular weight excluding hydrogens is 270 g/mol. The molecule has 0 fully saturated rings. The van der Waals surface area contributed by atoms with E-state index in [0.717, 1.165) is 18.5 Å². The molecule has 1 atom stereocenters. The predicted octanol–water partition coefficient (Wildman–Crippen LogP) is 0.825. The van der Waals surface area contributed by atoms with Gasteiger partial charge in [-0.2, -0.15) is 10.1 Å². The Hall–Kier alpha value is -2.02. The summed E-state index contributed by atoms with van der Waals surface area (Å²) in [4.78, 5) is 20.4. The number of carbonyl (C=O) groups is 1. The Morgan fingerprint density at radius 1 is 1.48 bits per heavy atom. The molecule has 0 radical (unpaired) electrons. The van der Waals surface area contributed by atoms with Crippen molar-refractivity contribution in [2.45, 2.75) is 33.1 Å². The topological polar surface area (TPSA) is 92.4 Å². The highest BCUT2D eigenvalue weighted by Gasteiger charge is 2.15. The zero-order chi connectivity index (χ0) is 15.2. The van der Waals surface area contributed by atoms with Crippen molar-refractivity contribution >= 4 is 11.7 Å². The molecule has 7 heteroatoms. The third-order valence-corrected chi connectivity index (χ3v) is 3.46. The minimum atomic E-state index is -0.145. The summed E-state index contributed by atoms with van der Waals surface area (Å²) in [7, 11) is 0. The fourth-order valence-electron chi connectivity index (χ4n) is 2.19. The van der Waals surface area contributed by atoms with Crippen LogP contribution in [0.15, 0.2) is 12.5 Å². The lowest BCUT2D eigenvalue weighted by atomic mass is 10.1. The molecule has 0 aliphatic rings. The standard InChI is InChI=1S/C14H21N5O2/c1-3-12-11(7-16-14-17-9-18-19(12)14)13(21)15-6-4-5-10(2)8-20/h7,9-10,20H,3-6,8H2,1-2H3,(H,15,21).